The van der Waals surface area contributed by atoms with E-state index in [0.717, 1.165) is 28.7 Å². The minimum absolute atomic E-state index is 0.0942. The van der Waals surface area contributed by atoms with Gasteiger partial charge in [-0.05, 0) is 18.4 Å². The van der Waals surface area contributed by atoms with Crippen LogP contribution in [0.3, 0.4) is 0 Å². The molecule has 1 heterocycles. The molecule has 0 spiro atoms. The van der Waals surface area contributed by atoms with Crippen molar-refractivity contribution in [3.05, 3.63) is 33.9 Å². The van der Waals surface area contributed by atoms with Gasteiger partial charge >= 0.3 is 0 Å². The lowest BCUT2D eigenvalue weighted by molar-refractivity contribution is -0.385. The maximum atomic E-state index is 11.0. The van der Waals surface area contributed by atoms with Gasteiger partial charge < -0.3 is 0 Å². The molecule has 1 aliphatic rings. The van der Waals surface area contributed by atoms with Gasteiger partial charge in [0.2, 0.25) is 0 Å². The summed E-state index contributed by atoms with van der Waals surface area (Å²) in [7, 11) is -0.681. The Morgan fingerprint density at radius 3 is 2.90 bits per heavy atom. The number of nitro groups is 1. The Kier molecular flexibility index (Phi) is 4.40. The third-order valence-corrected chi connectivity index (χ3v) is 5.69. The lowest BCUT2D eigenvalue weighted by Crippen LogP contribution is -2.05. The van der Waals surface area contributed by atoms with Crippen LogP contribution in [0, 0.1) is 27.4 Å². The molecule has 6 heteroatoms. The average Bonchev–Trinajstić information content (AvgIpc) is 2.84. The highest BCUT2D eigenvalue weighted by Gasteiger charge is 2.26. The molecule has 0 amide bonds. The molecule has 2 rings (SSSR count). The second-order valence-corrected chi connectivity index (χ2v) is 7.39. The van der Waals surface area contributed by atoms with E-state index >= 15 is 0 Å². The minimum Gasteiger partial charge on any atom is -0.284 e. The number of benzene rings is 1. The highest BCUT2D eigenvalue weighted by Crippen LogP contribution is 2.46. The number of hydrogen-bond donors (Lipinski definition) is 1. The lowest BCUT2D eigenvalue weighted by atomic mass is 10.1. The Bertz CT molecular complexity index is 605. The van der Waals surface area contributed by atoms with Crippen LogP contribution < -0.4 is 0 Å². The first-order valence-electron chi connectivity index (χ1n) is 6.53. The SMILES string of the molecule is CC(C)CC1=NCC[SH]1c1cccc([N+](=O)[O-])c1C#N. The van der Waals surface area contributed by atoms with Crippen LogP contribution in [0.2, 0.25) is 0 Å². The fourth-order valence-corrected chi connectivity index (χ4v) is 4.95. The number of rotatable bonds is 4. The summed E-state index contributed by atoms with van der Waals surface area (Å²) in [6.07, 6.45) is 0.902. The molecule has 5 nitrogen and oxygen atoms in total. The van der Waals surface area contributed by atoms with Crippen molar-refractivity contribution in [1.29, 1.82) is 5.26 Å². The van der Waals surface area contributed by atoms with Crippen LogP contribution in [-0.2, 0) is 0 Å². The van der Waals surface area contributed by atoms with E-state index in [9.17, 15) is 15.4 Å². The largest absolute Gasteiger partial charge is 0.288 e. The molecule has 0 fully saturated rings. The van der Waals surface area contributed by atoms with Crippen LogP contribution in [0.5, 0.6) is 0 Å². The molecule has 0 N–H and O–H groups in total. The molecule has 0 aromatic heterocycles. The van der Waals surface area contributed by atoms with Gasteiger partial charge in [-0.3, -0.25) is 15.1 Å². The molecule has 106 valence electrons. The van der Waals surface area contributed by atoms with E-state index in [4.69, 9.17) is 0 Å². The first-order chi connectivity index (χ1) is 9.54. The van der Waals surface area contributed by atoms with Gasteiger partial charge in [0, 0.05) is 23.3 Å². The Hall–Kier alpha value is -1.87. The smallest absolute Gasteiger partial charge is 0.284 e. The highest BCUT2D eigenvalue weighted by atomic mass is 32.2. The molecule has 1 aliphatic heterocycles. The molecule has 0 saturated heterocycles. The number of nitriles is 1. The van der Waals surface area contributed by atoms with Crippen molar-refractivity contribution in [1.82, 2.24) is 0 Å². The normalized spacial score (nSPS) is 19.7. The van der Waals surface area contributed by atoms with Crippen molar-refractivity contribution in [3.8, 4) is 6.07 Å². The number of nitrogens with zero attached hydrogens (tertiary/aromatic N) is 3. The van der Waals surface area contributed by atoms with E-state index in [1.807, 2.05) is 12.1 Å². The molecular formula is C14H17N3O2S. The fraction of sp³-hybridized carbons (Fsp3) is 0.429. The molecule has 0 radical (unpaired) electrons. The third-order valence-electron chi connectivity index (χ3n) is 3.14. The molecule has 0 bridgehead atoms. The summed E-state index contributed by atoms with van der Waals surface area (Å²) in [5.41, 5.74) is 0.116. The molecule has 0 saturated carbocycles. The minimum atomic E-state index is -0.681. The number of thiol groups is 1. The Labute approximate surface area is 120 Å². The highest BCUT2D eigenvalue weighted by molar-refractivity contribution is 8.30. The number of hydrogen-bond acceptors (Lipinski definition) is 4. The van der Waals surface area contributed by atoms with E-state index in [-0.39, 0.29) is 11.3 Å². The van der Waals surface area contributed by atoms with Crippen LogP contribution >= 0.6 is 10.9 Å². The summed E-state index contributed by atoms with van der Waals surface area (Å²) in [6.45, 7) is 5.03. The Morgan fingerprint density at radius 2 is 2.30 bits per heavy atom. The monoisotopic (exact) mass is 291 g/mol. The van der Waals surface area contributed by atoms with Crippen LogP contribution in [0.25, 0.3) is 0 Å². The predicted molar refractivity (Wildman–Crippen MR) is 81.7 cm³/mol. The molecular weight excluding hydrogens is 274 g/mol. The van der Waals surface area contributed by atoms with Gasteiger partial charge in [-0.15, -0.1) is 0 Å². The summed E-state index contributed by atoms with van der Waals surface area (Å²) >= 11 is 0. The van der Waals surface area contributed by atoms with Crippen molar-refractivity contribution in [2.24, 2.45) is 10.9 Å². The van der Waals surface area contributed by atoms with Crippen molar-refractivity contribution >= 4 is 21.6 Å². The van der Waals surface area contributed by atoms with Crippen LogP contribution in [0.1, 0.15) is 25.8 Å². The van der Waals surface area contributed by atoms with E-state index in [2.05, 4.69) is 18.8 Å². The van der Waals surface area contributed by atoms with Crippen LogP contribution in [0.15, 0.2) is 28.1 Å². The molecule has 1 atom stereocenters. The van der Waals surface area contributed by atoms with E-state index in [1.165, 1.54) is 6.07 Å². The van der Waals surface area contributed by atoms with Gasteiger partial charge in [-0.1, -0.05) is 19.9 Å². The van der Waals surface area contributed by atoms with Crippen LogP contribution in [0.4, 0.5) is 5.69 Å². The van der Waals surface area contributed by atoms with Gasteiger partial charge in [0.05, 0.1) is 9.97 Å². The zero-order valence-corrected chi connectivity index (χ0v) is 12.4. The summed E-state index contributed by atoms with van der Waals surface area (Å²) in [5.74, 6) is 1.40. The van der Waals surface area contributed by atoms with Crippen molar-refractivity contribution < 1.29 is 4.92 Å². The summed E-state index contributed by atoms with van der Waals surface area (Å²) in [4.78, 5) is 15.9. The molecule has 0 aliphatic carbocycles. The van der Waals surface area contributed by atoms with Gasteiger partial charge in [-0.25, -0.2) is 0 Å². The second-order valence-electron chi connectivity index (χ2n) is 5.09. The van der Waals surface area contributed by atoms with Crippen molar-refractivity contribution in [2.75, 3.05) is 12.3 Å². The van der Waals surface area contributed by atoms with Gasteiger partial charge in [0.15, 0.2) is 0 Å². The number of aliphatic imine (C=N–C) groups is 1. The van der Waals surface area contributed by atoms with Gasteiger partial charge in [-0.2, -0.15) is 16.2 Å². The molecule has 1 aromatic carbocycles. The predicted octanol–water partition coefficient (Wildman–Crippen LogP) is 3.28. The van der Waals surface area contributed by atoms with Gasteiger partial charge in [0.25, 0.3) is 5.69 Å². The first-order valence-corrected chi connectivity index (χ1v) is 8.05. The van der Waals surface area contributed by atoms with Crippen LogP contribution in [-0.4, -0.2) is 22.3 Å². The lowest BCUT2D eigenvalue weighted by Gasteiger charge is -2.20. The van der Waals surface area contributed by atoms with Crippen molar-refractivity contribution in [2.45, 2.75) is 25.2 Å². The average molecular weight is 291 g/mol. The Balaban J connectivity index is 2.43. The summed E-state index contributed by atoms with van der Waals surface area (Å²) in [6, 6.07) is 6.93. The fourth-order valence-electron chi connectivity index (χ4n) is 2.31. The molecule has 1 aromatic rings. The topological polar surface area (TPSA) is 79.3 Å². The Morgan fingerprint density at radius 1 is 1.55 bits per heavy atom. The second kappa shape index (κ2) is 6.06. The number of nitro benzene ring substituents is 1. The molecule has 1 unspecified atom stereocenters. The zero-order chi connectivity index (χ0) is 14.7. The van der Waals surface area contributed by atoms with E-state index in [0.29, 0.717) is 5.92 Å². The summed E-state index contributed by atoms with van der Waals surface area (Å²) in [5, 5.41) is 21.5. The van der Waals surface area contributed by atoms with E-state index < -0.39 is 15.8 Å². The maximum absolute atomic E-state index is 11.0. The quantitative estimate of drug-likeness (QED) is 0.525. The van der Waals surface area contributed by atoms with E-state index in [1.54, 1.807) is 6.07 Å². The summed E-state index contributed by atoms with van der Waals surface area (Å²) < 4.78 is 0. The maximum Gasteiger partial charge on any atom is 0.288 e. The third kappa shape index (κ3) is 2.83. The molecule has 20 heavy (non-hydrogen) atoms. The van der Waals surface area contributed by atoms with Gasteiger partial charge in [0.1, 0.15) is 11.6 Å². The van der Waals surface area contributed by atoms with Crippen molar-refractivity contribution in [3.63, 3.8) is 0 Å². The zero-order valence-electron chi connectivity index (χ0n) is 11.5. The standard InChI is InChI=1S/C14H17N3O2S/c1-10(2)8-14-16-6-7-20(14)13-5-3-4-12(17(18)19)11(13)9-15/h3-5,10,20H,6-8H2,1-2H3. The first kappa shape index (κ1) is 14.5.